The van der Waals surface area contributed by atoms with Gasteiger partial charge in [0.15, 0.2) is 0 Å². The first-order valence-electron chi connectivity index (χ1n) is 6.51. The second-order valence-corrected chi connectivity index (χ2v) is 6.35. The van der Waals surface area contributed by atoms with Crippen molar-refractivity contribution in [2.24, 2.45) is 0 Å². The third kappa shape index (κ3) is 3.09. The van der Waals surface area contributed by atoms with E-state index in [1.54, 1.807) is 41.3 Å². The second kappa shape index (κ2) is 5.87. The monoisotopic (exact) mass is 321 g/mol. The fraction of sp³-hybridized carbons (Fsp3) is 0.200. The van der Waals surface area contributed by atoms with Crippen LogP contribution in [0, 0.1) is 0 Å². The molecule has 1 aromatic heterocycles. The molecular weight excluding hydrogens is 310 g/mol. The number of carbonyl (C=O) groups is 2. The number of amides is 1. The first-order chi connectivity index (χ1) is 10.1. The molecule has 0 atom stereocenters. The minimum atomic E-state index is -0.433. The van der Waals surface area contributed by atoms with Crippen LogP contribution in [0.25, 0.3) is 0 Å². The second-order valence-electron chi connectivity index (χ2n) is 4.64. The molecule has 0 N–H and O–H groups in total. The fourth-order valence-corrected chi connectivity index (χ4v) is 3.12. The van der Waals surface area contributed by atoms with Crippen molar-refractivity contribution in [3.63, 3.8) is 0 Å². The van der Waals surface area contributed by atoms with Crippen LogP contribution >= 0.6 is 22.9 Å². The van der Waals surface area contributed by atoms with E-state index in [4.69, 9.17) is 16.3 Å². The Kier molecular flexibility index (Phi) is 3.94. The highest BCUT2D eigenvalue weighted by Gasteiger charge is 2.21. The Labute approximate surface area is 130 Å². The SMILES string of the molecule is O=C(Oc1ccc(N2CCCC2=O)cc1)c1ccc(Cl)s1. The van der Waals surface area contributed by atoms with E-state index in [-0.39, 0.29) is 5.91 Å². The van der Waals surface area contributed by atoms with Gasteiger partial charge in [-0.2, -0.15) is 0 Å². The van der Waals surface area contributed by atoms with Crippen LogP contribution in [0.5, 0.6) is 5.75 Å². The summed E-state index contributed by atoms with van der Waals surface area (Å²) in [6.07, 6.45) is 1.48. The maximum atomic E-state index is 11.9. The zero-order valence-electron chi connectivity index (χ0n) is 11.0. The van der Waals surface area contributed by atoms with Crippen LogP contribution in [0.4, 0.5) is 5.69 Å². The average molecular weight is 322 g/mol. The summed E-state index contributed by atoms with van der Waals surface area (Å²) in [5, 5.41) is 0. The molecule has 1 aromatic carbocycles. The van der Waals surface area contributed by atoms with E-state index >= 15 is 0 Å². The minimum absolute atomic E-state index is 0.132. The lowest BCUT2D eigenvalue weighted by Gasteiger charge is -2.15. The molecule has 2 aromatic rings. The van der Waals surface area contributed by atoms with E-state index in [1.807, 2.05) is 0 Å². The lowest BCUT2D eigenvalue weighted by molar-refractivity contribution is -0.117. The van der Waals surface area contributed by atoms with E-state index in [9.17, 15) is 9.59 Å². The number of esters is 1. The highest BCUT2D eigenvalue weighted by atomic mass is 35.5. The zero-order valence-corrected chi connectivity index (χ0v) is 12.6. The molecule has 1 saturated heterocycles. The van der Waals surface area contributed by atoms with Crippen LogP contribution in [0.2, 0.25) is 4.34 Å². The number of benzene rings is 1. The van der Waals surface area contributed by atoms with Gasteiger partial charge in [0.05, 0.1) is 4.34 Å². The summed E-state index contributed by atoms with van der Waals surface area (Å²) < 4.78 is 5.81. The van der Waals surface area contributed by atoms with Gasteiger partial charge in [0.25, 0.3) is 0 Å². The van der Waals surface area contributed by atoms with Gasteiger partial charge >= 0.3 is 5.97 Å². The van der Waals surface area contributed by atoms with Crippen LogP contribution in [-0.4, -0.2) is 18.4 Å². The lowest BCUT2D eigenvalue weighted by Crippen LogP contribution is -2.23. The number of thiophene rings is 1. The summed E-state index contributed by atoms with van der Waals surface area (Å²) >= 11 is 6.96. The van der Waals surface area contributed by atoms with Crippen molar-refractivity contribution in [3.8, 4) is 5.75 Å². The Morgan fingerprint density at radius 1 is 1.19 bits per heavy atom. The van der Waals surface area contributed by atoms with Gasteiger partial charge in [-0.25, -0.2) is 4.79 Å². The molecule has 0 spiro atoms. The maximum Gasteiger partial charge on any atom is 0.353 e. The van der Waals surface area contributed by atoms with Crippen LogP contribution in [0.15, 0.2) is 36.4 Å². The van der Waals surface area contributed by atoms with Crippen LogP contribution in [-0.2, 0) is 4.79 Å². The van der Waals surface area contributed by atoms with Crippen molar-refractivity contribution in [2.45, 2.75) is 12.8 Å². The molecule has 4 nitrogen and oxygen atoms in total. The number of hydrogen-bond acceptors (Lipinski definition) is 4. The standard InChI is InChI=1S/C15H12ClNO3S/c16-13-8-7-12(21-13)15(19)20-11-5-3-10(4-6-11)17-9-1-2-14(17)18/h3-8H,1-2,9H2. The van der Waals surface area contributed by atoms with E-state index in [0.717, 1.165) is 18.7 Å². The van der Waals surface area contributed by atoms with Crippen molar-refractivity contribution in [1.29, 1.82) is 0 Å². The smallest absolute Gasteiger partial charge is 0.353 e. The van der Waals surface area contributed by atoms with Crippen LogP contribution in [0.1, 0.15) is 22.5 Å². The Bertz CT molecular complexity index is 680. The number of hydrogen-bond donors (Lipinski definition) is 0. The first kappa shape index (κ1) is 14.1. The van der Waals surface area contributed by atoms with Gasteiger partial charge in [0.2, 0.25) is 5.91 Å². The topological polar surface area (TPSA) is 46.6 Å². The minimum Gasteiger partial charge on any atom is -0.422 e. The maximum absolute atomic E-state index is 11.9. The molecule has 1 aliphatic heterocycles. The van der Waals surface area contributed by atoms with Gasteiger partial charge in [0.1, 0.15) is 10.6 Å². The molecule has 21 heavy (non-hydrogen) atoms. The third-order valence-corrected chi connectivity index (χ3v) is 4.42. The molecule has 0 aliphatic carbocycles. The summed E-state index contributed by atoms with van der Waals surface area (Å²) in [6.45, 7) is 0.742. The number of nitrogens with zero attached hydrogens (tertiary/aromatic N) is 1. The van der Waals surface area contributed by atoms with E-state index in [1.165, 1.54) is 11.3 Å². The largest absolute Gasteiger partial charge is 0.422 e. The highest BCUT2D eigenvalue weighted by Crippen LogP contribution is 2.26. The Balaban J connectivity index is 1.69. The number of anilines is 1. The molecule has 3 rings (SSSR count). The van der Waals surface area contributed by atoms with Gasteiger partial charge in [-0.3, -0.25) is 4.79 Å². The fourth-order valence-electron chi connectivity index (χ4n) is 2.20. The van der Waals surface area contributed by atoms with E-state index in [2.05, 4.69) is 0 Å². The number of carbonyl (C=O) groups excluding carboxylic acids is 2. The predicted octanol–water partition coefficient (Wildman–Crippen LogP) is 3.75. The third-order valence-electron chi connectivity index (χ3n) is 3.21. The summed E-state index contributed by atoms with van der Waals surface area (Å²) in [5.74, 6) is 0.143. The Morgan fingerprint density at radius 3 is 2.52 bits per heavy atom. The Hall–Kier alpha value is -1.85. The molecule has 0 saturated carbocycles. The van der Waals surface area contributed by atoms with Crippen molar-refractivity contribution >= 4 is 40.5 Å². The van der Waals surface area contributed by atoms with Gasteiger partial charge in [-0.05, 0) is 42.8 Å². The number of halogens is 1. The molecule has 0 bridgehead atoms. The summed E-state index contributed by atoms with van der Waals surface area (Å²) in [7, 11) is 0. The van der Waals surface area contributed by atoms with Crippen molar-refractivity contribution in [2.75, 3.05) is 11.4 Å². The average Bonchev–Trinajstić information content (AvgIpc) is 3.08. The lowest BCUT2D eigenvalue weighted by atomic mass is 10.3. The molecule has 1 amide bonds. The molecule has 108 valence electrons. The van der Waals surface area contributed by atoms with Crippen molar-refractivity contribution < 1.29 is 14.3 Å². The molecule has 2 heterocycles. The van der Waals surface area contributed by atoms with Gasteiger partial charge in [-0.15, -0.1) is 11.3 Å². The van der Waals surface area contributed by atoms with Gasteiger partial charge in [-0.1, -0.05) is 11.6 Å². The van der Waals surface area contributed by atoms with Crippen LogP contribution < -0.4 is 9.64 Å². The Morgan fingerprint density at radius 2 is 1.95 bits per heavy atom. The van der Waals surface area contributed by atoms with E-state index < -0.39 is 5.97 Å². The zero-order chi connectivity index (χ0) is 14.8. The summed E-state index contributed by atoms with van der Waals surface area (Å²) in [6, 6.07) is 10.2. The highest BCUT2D eigenvalue weighted by molar-refractivity contribution is 7.17. The molecular formula is C15H12ClNO3S. The molecule has 0 unspecified atom stereocenters. The summed E-state index contributed by atoms with van der Waals surface area (Å²) in [5.41, 5.74) is 0.830. The van der Waals surface area contributed by atoms with Crippen LogP contribution in [0.3, 0.4) is 0 Å². The van der Waals surface area contributed by atoms with Gasteiger partial charge < -0.3 is 9.64 Å². The molecule has 1 aliphatic rings. The molecule has 1 fully saturated rings. The predicted molar refractivity (Wildman–Crippen MR) is 82.3 cm³/mol. The first-order valence-corrected chi connectivity index (χ1v) is 7.71. The van der Waals surface area contributed by atoms with Crippen molar-refractivity contribution in [3.05, 3.63) is 45.6 Å². The summed E-state index contributed by atoms with van der Waals surface area (Å²) in [4.78, 5) is 25.7. The van der Waals surface area contributed by atoms with Crippen molar-refractivity contribution in [1.82, 2.24) is 0 Å². The molecule has 0 radical (unpaired) electrons. The van der Waals surface area contributed by atoms with Gasteiger partial charge in [0, 0.05) is 18.7 Å². The van der Waals surface area contributed by atoms with E-state index in [0.29, 0.717) is 21.4 Å². The quantitative estimate of drug-likeness (QED) is 0.639. The normalized spacial score (nSPS) is 14.5. The number of rotatable bonds is 3. The number of ether oxygens (including phenoxy) is 1. The molecule has 6 heteroatoms.